The second kappa shape index (κ2) is 9.91. The van der Waals surface area contributed by atoms with Crippen molar-refractivity contribution in [3.63, 3.8) is 0 Å². The Labute approximate surface area is 163 Å². The van der Waals surface area contributed by atoms with Gasteiger partial charge in [0.1, 0.15) is 0 Å². The largest absolute Gasteiger partial charge is 0.342 e. The van der Waals surface area contributed by atoms with E-state index >= 15 is 0 Å². The lowest BCUT2D eigenvalue weighted by Crippen LogP contribution is -2.29. The number of hydrogen-bond acceptors (Lipinski definition) is 2. The third-order valence-electron chi connectivity index (χ3n) is 6.22. The molecule has 3 rings (SSSR count). The number of carbonyl (C=O) groups excluding carboxylic acids is 2. The van der Waals surface area contributed by atoms with Gasteiger partial charge in [-0.05, 0) is 62.1 Å². The van der Waals surface area contributed by atoms with Gasteiger partial charge in [-0.1, -0.05) is 38.3 Å². The second-order valence-electron chi connectivity index (χ2n) is 8.31. The van der Waals surface area contributed by atoms with E-state index in [0.29, 0.717) is 6.42 Å². The van der Waals surface area contributed by atoms with Crippen molar-refractivity contribution in [3.8, 4) is 0 Å². The van der Waals surface area contributed by atoms with Crippen LogP contribution in [-0.2, 0) is 16.0 Å². The molecule has 0 unspecified atom stereocenters. The van der Waals surface area contributed by atoms with Crippen LogP contribution in [-0.4, -0.2) is 29.8 Å². The first kappa shape index (κ1) is 19.9. The fourth-order valence-electron chi connectivity index (χ4n) is 4.41. The van der Waals surface area contributed by atoms with Crippen LogP contribution in [0.25, 0.3) is 0 Å². The van der Waals surface area contributed by atoms with Crippen LogP contribution < -0.4 is 5.32 Å². The molecule has 27 heavy (non-hydrogen) atoms. The lowest BCUT2D eigenvalue weighted by Gasteiger charge is -2.27. The number of likely N-dealkylation sites (tertiary alicyclic amines) is 1. The lowest BCUT2D eigenvalue weighted by molar-refractivity contribution is -0.129. The highest BCUT2D eigenvalue weighted by Crippen LogP contribution is 2.32. The quantitative estimate of drug-likeness (QED) is 0.750. The number of nitrogens with one attached hydrogen (secondary N) is 1. The van der Waals surface area contributed by atoms with Gasteiger partial charge in [0.15, 0.2) is 0 Å². The van der Waals surface area contributed by atoms with Crippen molar-refractivity contribution in [2.75, 3.05) is 18.4 Å². The van der Waals surface area contributed by atoms with E-state index in [1.165, 1.54) is 32.1 Å². The Morgan fingerprint density at radius 2 is 1.70 bits per heavy atom. The van der Waals surface area contributed by atoms with Crippen molar-refractivity contribution in [1.82, 2.24) is 4.90 Å². The maximum absolute atomic E-state index is 12.6. The zero-order valence-corrected chi connectivity index (χ0v) is 16.7. The van der Waals surface area contributed by atoms with Gasteiger partial charge in [0.25, 0.3) is 0 Å². The highest BCUT2D eigenvalue weighted by molar-refractivity contribution is 5.92. The molecular weight excluding hydrogens is 336 g/mol. The van der Waals surface area contributed by atoms with E-state index < -0.39 is 0 Å². The van der Waals surface area contributed by atoms with Crippen molar-refractivity contribution in [1.29, 1.82) is 0 Å². The molecule has 0 radical (unpaired) electrons. The predicted molar refractivity (Wildman–Crippen MR) is 110 cm³/mol. The van der Waals surface area contributed by atoms with E-state index in [2.05, 4.69) is 12.2 Å². The van der Waals surface area contributed by atoms with Crippen LogP contribution in [0.15, 0.2) is 24.3 Å². The number of rotatable bonds is 7. The van der Waals surface area contributed by atoms with Crippen LogP contribution >= 0.6 is 0 Å². The fraction of sp³-hybridized carbons (Fsp3) is 0.652. The maximum Gasteiger partial charge on any atom is 0.227 e. The molecule has 2 amide bonds. The first-order valence-electron chi connectivity index (χ1n) is 10.8. The summed E-state index contributed by atoms with van der Waals surface area (Å²) in [7, 11) is 0. The molecule has 1 aromatic rings. The lowest BCUT2D eigenvalue weighted by atomic mass is 9.79. The van der Waals surface area contributed by atoms with Gasteiger partial charge in [0, 0.05) is 24.7 Å². The zero-order valence-electron chi connectivity index (χ0n) is 16.7. The topological polar surface area (TPSA) is 49.4 Å². The molecule has 1 aromatic carbocycles. The summed E-state index contributed by atoms with van der Waals surface area (Å²) in [4.78, 5) is 26.7. The average Bonchev–Trinajstić information content (AvgIpc) is 3.23. The SMILES string of the molecule is CCCCC1CCC(C(=O)Nc2ccc(CC(=O)N3CCCC3)cc2)CC1. The van der Waals surface area contributed by atoms with Gasteiger partial charge in [0.2, 0.25) is 11.8 Å². The molecule has 1 heterocycles. The average molecular weight is 371 g/mol. The molecule has 1 saturated heterocycles. The Balaban J connectivity index is 1.44. The minimum Gasteiger partial charge on any atom is -0.342 e. The van der Waals surface area contributed by atoms with Crippen molar-refractivity contribution in [2.24, 2.45) is 11.8 Å². The molecule has 0 bridgehead atoms. The zero-order chi connectivity index (χ0) is 19.1. The summed E-state index contributed by atoms with van der Waals surface area (Å²) in [6, 6.07) is 7.78. The van der Waals surface area contributed by atoms with Crippen molar-refractivity contribution in [3.05, 3.63) is 29.8 Å². The molecule has 4 heteroatoms. The fourth-order valence-corrected chi connectivity index (χ4v) is 4.41. The molecule has 4 nitrogen and oxygen atoms in total. The summed E-state index contributed by atoms with van der Waals surface area (Å²) in [5.74, 6) is 1.34. The third kappa shape index (κ3) is 5.82. The Bertz CT molecular complexity index is 612. The smallest absolute Gasteiger partial charge is 0.227 e. The summed E-state index contributed by atoms with van der Waals surface area (Å²) in [6.07, 6.45) is 11.0. The summed E-state index contributed by atoms with van der Waals surface area (Å²) in [6.45, 7) is 4.04. The van der Waals surface area contributed by atoms with Gasteiger partial charge in [0.05, 0.1) is 6.42 Å². The van der Waals surface area contributed by atoms with Gasteiger partial charge in [-0.2, -0.15) is 0 Å². The Hall–Kier alpha value is -1.84. The summed E-state index contributed by atoms with van der Waals surface area (Å²) in [5.41, 5.74) is 1.85. The monoisotopic (exact) mass is 370 g/mol. The molecule has 2 fully saturated rings. The molecule has 0 aromatic heterocycles. The van der Waals surface area contributed by atoms with Crippen LogP contribution in [0.5, 0.6) is 0 Å². The minimum absolute atomic E-state index is 0.152. The predicted octanol–water partition coefficient (Wildman–Crippen LogP) is 4.79. The number of amides is 2. The van der Waals surface area contributed by atoms with Gasteiger partial charge >= 0.3 is 0 Å². The van der Waals surface area contributed by atoms with Crippen LogP contribution in [0.3, 0.4) is 0 Å². The Morgan fingerprint density at radius 1 is 1.04 bits per heavy atom. The highest BCUT2D eigenvalue weighted by Gasteiger charge is 2.26. The standard InChI is InChI=1S/C23H34N2O2/c1-2-3-6-18-7-11-20(12-8-18)23(27)24-21-13-9-19(10-14-21)17-22(26)25-15-4-5-16-25/h9-10,13-14,18,20H,2-8,11-12,15-17H2,1H3,(H,24,27). The van der Waals surface area contributed by atoms with Crippen LogP contribution in [0.2, 0.25) is 0 Å². The molecule has 2 aliphatic rings. The van der Waals surface area contributed by atoms with Gasteiger partial charge in [-0.25, -0.2) is 0 Å². The van der Waals surface area contributed by atoms with E-state index in [1.54, 1.807) is 0 Å². The molecule has 0 atom stereocenters. The number of hydrogen-bond donors (Lipinski definition) is 1. The number of nitrogens with zero attached hydrogens (tertiary/aromatic N) is 1. The second-order valence-corrected chi connectivity index (χ2v) is 8.31. The third-order valence-corrected chi connectivity index (χ3v) is 6.22. The molecule has 0 spiro atoms. The highest BCUT2D eigenvalue weighted by atomic mass is 16.2. The van der Waals surface area contributed by atoms with Crippen molar-refractivity contribution < 1.29 is 9.59 Å². The van der Waals surface area contributed by atoms with E-state index in [-0.39, 0.29) is 17.7 Å². The molecular formula is C23H34N2O2. The molecule has 148 valence electrons. The first-order chi connectivity index (χ1) is 13.2. The summed E-state index contributed by atoms with van der Waals surface area (Å²) >= 11 is 0. The number of unbranched alkanes of at least 4 members (excludes halogenated alkanes) is 1. The van der Waals surface area contributed by atoms with Crippen LogP contribution in [0.4, 0.5) is 5.69 Å². The van der Waals surface area contributed by atoms with Crippen LogP contribution in [0.1, 0.15) is 70.3 Å². The Morgan fingerprint density at radius 3 is 2.33 bits per heavy atom. The van der Waals surface area contributed by atoms with E-state index in [1.807, 2.05) is 29.2 Å². The molecule has 1 N–H and O–H groups in total. The molecule has 1 aliphatic heterocycles. The van der Waals surface area contributed by atoms with Crippen molar-refractivity contribution >= 4 is 17.5 Å². The minimum atomic E-state index is 0.152. The number of carbonyl (C=O) groups is 2. The van der Waals surface area contributed by atoms with E-state index in [9.17, 15) is 9.59 Å². The van der Waals surface area contributed by atoms with Crippen molar-refractivity contribution in [2.45, 2.75) is 71.1 Å². The number of benzene rings is 1. The van der Waals surface area contributed by atoms with Gasteiger partial charge in [-0.3, -0.25) is 9.59 Å². The van der Waals surface area contributed by atoms with Gasteiger partial charge < -0.3 is 10.2 Å². The van der Waals surface area contributed by atoms with E-state index in [4.69, 9.17) is 0 Å². The normalized spacial score (nSPS) is 22.6. The summed E-state index contributed by atoms with van der Waals surface area (Å²) in [5, 5.41) is 3.07. The molecule has 1 saturated carbocycles. The van der Waals surface area contributed by atoms with E-state index in [0.717, 1.165) is 55.9 Å². The Kier molecular flexibility index (Phi) is 7.31. The van der Waals surface area contributed by atoms with Gasteiger partial charge in [-0.15, -0.1) is 0 Å². The number of anilines is 1. The summed E-state index contributed by atoms with van der Waals surface area (Å²) < 4.78 is 0. The first-order valence-corrected chi connectivity index (χ1v) is 10.8. The van der Waals surface area contributed by atoms with Crippen LogP contribution in [0, 0.1) is 11.8 Å². The molecule has 1 aliphatic carbocycles. The maximum atomic E-state index is 12.6.